The zero-order valence-electron chi connectivity index (χ0n) is 17.1. The summed E-state index contributed by atoms with van der Waals surface area (Å²) in [5, 5.41) is 7.08. The van der Waals surface area contributed by atoms with Crippen LogP contribution in [0, 0.1) is 19.8 Å². The van der Waals surface area contributed by atoms with Gasteiger partial charge in [-0.3, -0.25) is 4.98 Å². The summed E-state index contributed by atoms with van der Waals surface area (Å²) in [5.74, 6) is 2.39. The third-order valence-electron chi connectivity index (χ3n) is 4.91. The number of aromatic nitrogens is 3. The molecular weight excluding hydrogens is 358 g/mol. The fraction of sp³-hybridized carbons (Fsp3) is 0.600. The number of pyridine rings is 1. The van der Waals surface area contributed by atoms with Gasteiger partial charge in [0.1, 0.15) is 0 Å². The molecule has 1 aliphatic rings. The Labute approximate surface area is 167 Å². The zero-order valence-corrected chi connectivity index (χ0v) is 17.9. The molecule has 27 heavy (non-hydrogen) atoms. The van der Waals surface area contributed by atoms with E-state index in [0.717, 1.165) is 42.6 Å². The largest absolute Gasteiger partial charge is 0.478 e. The molecule has 2 aromatic heterocycles. The van der Waals surface area contributed by atoms with Crippen molar-refractivity contribution in [3.8, 4) is 5.88 Å². The molecule has 0 N–H and O–H groups in total. The van der Waals surface area contributed by atoms with Crippen molar-refractivity contribution in [2.24, 2.45) is 13.0 Å². The van der Waals surface area contributed by atoms with E-state index in [2.05, 4.69) is 51.7 Å². The van der Waals surface area contributed by atoms with Crippen LogP contribution in [0.5, 0.6) is 5.88 Å². The van der Waals surface area contributed by atoms with Crippen molar-refractivity contribution < 1.29 is 4.74 Å². The quantitative estimate of drug-likeness (QED) is 0.672. The molecule has 0 unspecified atom stereocenters. The Balaban J connectivity index is 1.70. The van der Waals surface area contributed by atoms with Gasteiger partial charge in [0, 0.05) is 43.8 Å². The summed E-state index contributed by atoms with van der Waals surface area (Å²) in [5.41, 5.74) is 3.62. The summed E-state index contributed by atoms with van der Waals surface area (Å²) in [6, 6.07) is 6.48. The Bertz CT molecular complexity index is 743. The molecule has 0 radical (unpaired) electrons. The Morgan fingerprint density at radius 1 is 1.26 bits per heavy atom. The standard InChI is InChI=1S/C20H31N5OS/c1-6-26-20-13-19(22-23(20)4)25(27-5)24-9-7-8-17(14-24)12-18-10-15(2)21-16(3)11-18/h10-11,13,17H,6-9,12,14H2,1-5H3/t17-/m1/s1. The van der Waals surface area contributed by atoms with Crippen LogP contribution < -0.4 is 9.15 Å². The van der Waals surface area contributed by atoms with E-state index < -0.39 is 0 Å². The molecule has 1 fully saturated rings. The summed E-state index contributed by atoms with van der Waals surface area (Å²) in [7, 11) is 1.93. The lowest BCUT2D eigenvalue weighted by atomic mass is 9.92. The summed E-state index contributed by atoms with van der Waals surface area (Å²) < 4.78 is 9.69. The van der Waals surface area contributed by atoms with Crippen LogP contribution in [0.15, 0.2) is 18.2 Å². The van der Waals surface area contributed by atoms with Crippen molar-refractivity contribution in [1.29, 1.82) is 0 Å². The van der Waals surface area contributed by atoms with Gasteiger partial charge in [0.15, 0.2) is 5.82 Å². The maximum absolute atomic E-state index is 5.66. The van der Waals surface area contributed by atoms with Crippen LogP contribution in [0.4, 0.5) is 5.82 Å². The molecule has 0 amide bonds. The van der Waals surface area contributed by atoms with Crippen LogP contribution in [0.1, 0.15) is 36.7 Å². The van der Waals surface area contributed by atoms with E-state index >= 15 is 0 Å². The van der Waals surface area contributed by atoms with Gasteiger partial charge in [0.2, 0.25) is 5.88 Å². The number of hydrogen-bond acceptors (Lipinski definition) is 6. The van der Waals surface area contributed by atoms with E-state index in [-0.39, 0.29) is 0 Å². The fourth-order valence-corrected chi connectivity index (χ4v) is 4.57. The maximum atomic E-state index is 5.66. The SMILES string of the molecule is CCOc1cc(N(SC)N2CCC[C@H](Cc3cc(C)nc(C)c3)C2)nn1C. The van der Waals surface area contributed by atoms with E-state index in [4.69, 9.17) is 4.74 Å². The van der Waals surface area contributed by atoms with Crippen LogP contribution in [-0.2, 0) is 13.5 Å². The predicted molar refractivity (Wildman–Crippen MR) is 112 cm³/mol. The predicted octanol–water partition coefficient (Wildman–Crippen LogP) is 3.78. The molecule has 0 aromatic carbocycles. The highest BCUT2D eigenvalue weighted by Crippen LogP contribution is 2.30. The highest BCUT2D eigenvalue weighted by molar-refractivity contribution is 7.99. The minimum absolute atomic E-state index is 0.643. The summed E-state index contributed by atoms with van der Waals surface area (Å²) in [4.78, 5) is 4.50. The smallest absolute Gasteiger partial charge is 0.213 e. The van der Waals surface area contributed by atoms with Crippen molar-refractivity contribution >= 4 is 17.8 Å². The van der Waals surface area contributed by atoms with Gasteiger partial charge in [-0.1, -0.05) is 0 Å². The maximum Gasteiger partial charge on any atom is 0.213 e. The first-order valence-corrected chi connectivity index (χ1v) is 10.9. The molecule has 2 aromatic rings. The van der Waals surface area contributed by atoms with Crippen LogP contribution in [-0.4, -0.2) is 45.7 Å². The number of aryl methyl sites for hydroxylation is 3. The number of piperidine rings is 1. The third-order valence-corrected chi connectivity index (χ3v) is 5.67. The average Bonchev–Trinajstić information content (AvgIpc) is 2.96. The van der Waals surface area contributed by atoms with E-state index in [1.165, 1.54) is 18.4 Å². The second-order valence-electron chi connectivity index (χ2n) is 7.24. The van der Waals surface area contributed by atoms with E-state index in [1.54, 1.807) is 11.9 Å². The minimum atomic E-state index is 0.643. The summed E-state index contributed by atoms with van der Waals surface area (Å²) >= 11 is 1.70. The number of ether oxygens (including phenoxy) is 1. The first kappa shape index (κ1) is 20.0. The van der Waals surface area contributed by atoms with Gasteiger partial charge in [-0.2, -0.15) is 0 Å². The van der Waals surface area contributed by atoms with Gasteiger partial charge in [-0.15, -0.1) is 5.10 Å². The number of nitrogens with zero attached hydrogens (tertiary/aromatic N) is 5. The molecule has 0 bridgehead atoms. The molecule has 6 nitrogen and oxygen atoms in total. The molecule has 1 atom stereocenters. The zero-order chi connectivity index (χ0) is 19.4. The molecule has 0 spiro atoms. The molecule has 1 saturated heterocycles. The topological polar surface area (TPSA) is 46.4 Å². The molecule has 3 rings (SSSR count). The highest BCUT2D eigenvalue weighted by Gasteiger charge is 2.27. The molecule has 148 valence electrons. The Kier molecular flexibility index (Phi) is 6.65. The van der Waals surface area contributed by atoms with E-state index in [1.807, 2.05) is 24.7 Å². The van der Waals surface area contributed by atoms with Gasteiger partial charge in [0.05, 0.1) is 6.61 Å². The number of hydrogen-bond donors (Lipinski definition) is 0. The fourth-order valence-electron chi connectivity index (χ4n) is 3.91. The van der Waals surface area contributed by atoms with Crippen molar-refractivity contribution in [3.63, 3.8) is 0 Å². The van der Waals surface area contributed by atoms with Crippen molar-refractivity contribution in [2.45, 2.75) is 40.0 Å². The summed E-state index contributed by atoms with van der Waals surface area (Å²) in [6.45, 7) is 8.91. The van der Waals surface area contributed by atoms with Crippen molar-refractivity contribution in [2.75, 3.05) is 30.4 Å². The molecule has 1 aliphatic heterocycles. The first-order chi connectivity index (χ1) is 13.0. The van der Waals surface area contributed by atoms with E-state index in [9.17, 15) is 0 Å². The monoisotopic (exact) mass is 389 g/mol. The summed E-state index contributed by atoms with van der Waals surface area (Å²) in [6.07, 6.45) is 5.69. The Morgan fingerprint density at radius 3 is 2.67 bits per heavy atom. The second kappa shape index (κ2) is 8.97. The lowest BCUT2D eigenvalue weighted by Gasteiger charge is -2.39. The normalized spacial score (nSPS) is 17.9. The van der Waals surface area contributed by atoms with Gasteiger partial charge in [-0.05, 0) is 75.6 Å². The van der Waals surface area contributed by atoms with Gasteiger partial charge < -0.3 is 4.74 Å². The number of anilines is 1. The Hall–Kier alpha value is -1.73. The number of rotatable bonds is 7. The van der Waals surface area contributed by atoms with E-state index in [0.29, 0.717) is 12.5 Å². The Morgan fingerprint density at radius 2 is 2.00 bits per heavy atom. The van der Waals surface area contributed by atoms with Gasteiger partial charge in [-0.25, -0.2) is 14.1 Å². The lowest BCUT2D eigenvalue weighted by Crippen LogP contribution is -2.45. The lowest BCUT2D eigenvalue weighted by molar-refractivity contribution is 0.185. The van der Waals surface area contributed by atoms with Crippen molar-refractivity contribution in [1.82, 2.24) is 19.8 Å². The first-order valence-electron chi connectivity index (χ1n) is 9.70. The average molecular weight is 390 g/mol. The minimum Gasteiger partial charge on any atom is -0.478 e. The van der Waals surface area contributed by atoms with Crippen LogP contribution >= 0.6 is 11.9 Å². The van der Waals surface area contributed by atoms with Crippen LogP contribution in [0.3, 0.4) is 0 Å². The van der Waals surface area contributed by atoms with Crippen LogP contribution in [0.25, 0.3) is 0 Å². The highest BCUT2D eigenvalue weighted by atomic mass is 32.2. The molecular formula is C20H31N5OS. The van der Waals surface area contributed by atoms with Gasteiger partial charge >= 0.3 is 0 Å². The molecule has 0 saturated carbocycles. The second-order valence-corrected chi connectivity index (χ2v) is 7.95. The molecule has 7 heteroatoms. The number of hydrazine groups is 1. The van der Waals surface area contributed by atoms with Crippen LogP contribution in [0.2, 0.25) is 0 Å². The van der Waals surface area contributed by atoms with Gasteiger partial charge in [0.25, 0.3) is 0 Å². The molecule has 0 aliphatic carbocycles. The molecule has 3 heterocycles. The third kappa shape index (κ3) is 4.96. The van der Waals surface area contributed by atoms with Crippen molar-refractivity contribution in [3.05, 3.63) is 35.2 Å².